The zero-order valence-electron chi connectivity index (χ0n) is 7.98. The first kappa shape index (κ1) is 9.72. The molecule has 0 saturated carbocycles. The molecule has 0 aromatic carbocycles. The molecule has 15 heavy (non-hydrogen) atoms. The average Bonchev–Trinajstić information content (AvgIpc) is 2.58. The first-order valence-corrected chi connectivity index (χ1v) is 5.08. The summed E-state index contributed by atoms with van der Waals surface area (Å²) < 4.78 is 1.33. The number of aryl methyl sites for hydroxylation is 1. The third-order valence-corrected chi connectivity index (χ3v) is 2.93. The van der Waals surface area contributed by atoms with Crippen LogP contribution in [0.15, 0.2) is 27.9 Å². The van der Waals surface area contributed by atoms with Crippen molar-refractivity contribution in [1.29, 1.82) is 0 Å². The van der Waals surface area contributed by atoms with Crippen LogP contribution in [0.2, 0.25) is 0 Å². The van der Waals surface area contributed by atoms with Crippen LogP contribution < -0.4 is 17.0 Å². The number of nitrogens with zero attached hydrogens (tertiary/aromatic N) is 1. The zero-order valence-corrected chi connectivity index (χ0v) is 8.80. The molecule has 0 aliphatic carbocycles. The molecule has 2 rings (SSSR count). The van der Waals surface area contributed by atoms with E-state index in [0.717, 1.165) is 9.88 Å². The fourth-order valence-electron chi connectivity index (χ4n) is 1.20. The van der Waals surface area contributed by atoms with Crippen LogP contribution in [-0.2, 0) is 0 Å². The molecule has 2 aromatic rings. The SMILES string of the molecule is Cc1ccc(-n2cc(N)c(=O)[nH]c2=O)s1. The molecular weight excluding hydrogens is 214 g/mol. The van der Waals surface area contributed by atoms with Gasteiger partial charge in [-0.1, -0.05) is 0 Å². The standard InChI is InChI=1S/C9H9N3O2S/c1-5-2-3-7(15-5)12-4-6(10)8(13)11-9(12)14/h2-4H,10H2,1H3,(H,11,13,14). The molecule has 0 amide bonds. The molecule has 0 fully saturated rings. The van der Waals surface area contributed by atoms with Crippen molar-refractivity contribution in [3.05, 3.63) is 44.0 Å². The lowest BCUT2D eigenvalue weighted by molar-refractivity contribution is 0.915. The van der Waals surface area contributed by atoms with E-state index in [1.807, 2.05) is 13.0 Å². The Bertz CT molecular complexity index is 608. The number of aromatic nitrogens is 2. The summed E-state index contributed by atoms with van der Waals surface area (Å²) in [5.41, 5.74) is 4.44. The van der Waals surface area contributed by atoms with E-state index in [2.05, 4.69) is 4.98 Å². The Balaban J connectivity index is 2.68. The minimum absolute atomic E-state index is 0.0284. The number of hydrogen-bond donors (Lipinski definition) is 2. The number of nitrogens with one attached hydrogen (secondary N) is 1. The van der Waals surface area contributed by atoms with E-state index in [1.54, 1.807) is 6.07 Å². The van der Waals surface area contributed by atoms with Crippen molar-refractivity contribution in [2.45, 2.75) is 6.92 Å². The molecule has 0 spiro atoms. The molecule has 5 nitrogen and oxygen atoms in total. The Kier molecular flexibility index (Phi) is 2.20. The number of H-pyrrole nitrogens is 1. The lowest BCUT2D eigenvalue weighted by Crippen LogP contribution is -2.29. The van der Waals surface area contributed by atoms with E-state index in [9.17, 15) is 9.59 Å². The van der Waals surface area contributed by atoms with Gasteiger partial charge >= 0.3 is 5.69 Å². The van der Waals surface area contributed by atoms with Gasteiger partial charge in [0.25, 0.3) is 5.56 Å². The van der Waals surface area contributed by atoms with Crippen LogP contribution in [0.25, 0.3) is 5.00 Å². The number of nitrogen functional groups attached to an aromatic ring is 1. The Labute approximate surface area is 88.8 Å². The summed E-state index contributed by atoms with van der Waals surface area (Å²) >= 11 is 1.45. The Morgan fingerprint density at radius 2 is 2.13 bits per heavy atom. The van der Waals surface area contributed by atoms with Crippen molar-refractivity contribution in [3.63, 3.8) is 0 Å². The molecular formula is C9H9N3O2S. The Morgan fingerprint density at radius 1 is 1.40 bits per heavy atom. The minimum atomic E-state index is -0.551. The van der Waals surface area contributed by atoms with Gasteiger partial charge < -0.3 is 5.73 Å². The molecule has 2 aromatic heterocycles. The van der Waals surface area contributed by atoms with E-state index >= 15 is 0 Å². The van der Waals surface area contributed by atoms with E-state index in [-0.39, 0.29) is 5.69 Å². The first-order valence-electron chi connectivity index (χ1n) is 4.26. The topological polar surface area (TPSA) is 80.9 Å². The summed E-state index contributed by atoms with van der Waals surface area (Å²) in [5, 5.41) is 0.737. The van der Waals surface area contributed by atoms with E-state index < -0.39 is 11.2 Å². The van der Waals surface area contributed by atoms with Gasteiger partial charge in [0.1, 0.15) is 10.7 Å². The van der Waals surface area contributed by atoms with Crippen LogP contribution in [-0.4, -0.2) is 9.55 Å². The van der Waals surface area contributed by atoms with E-state index in [4.69, 9.17) is 5.73 Å². The number of thiophene rings is 1. The number of anilines is 1. The highest BCUT2D eigenvalue weighted by atomic mass is 32.1. The lowest BCUT2D eigenvalue weighted by atomic mass is 10.5. The summed E-state index contributed by atoms with van der Waals surface area (Å²) in [5.74, 6) is 0. The highest BCUT2D eigenvalue weighted by Crippen LogP contribution is 2.17. The quantitative estimate of drug-likeness (QED) is 0.737. The second kappa shape index (κ2) is 3.39. The second-order valence-corrected chi connectivity index (χ2v) is 4.36. The third-order valence-electron chi connectivity index (χ3n) is 1.93. The normalized spacial score (nSPS) is 10.5. The molecule has 0 saturated heterocycles. The Hall–Kier alpha value is -1.82. The van der Waals surface area contributed by atoms with Gasteiger partial charge in [-0.05, 0) is 19.1 Å². The summed E-state index contributed by atoms with van der Waals surface area (Å²) in [6.07, 6.45) is 1.34. The largest absolute Gasteiger partial charge is 0.393 e. The molecule has 3 N–H and O–H groups in total. The molecule has 0 bridgehead atoms. The molecule has 0 aliphatic heterocycles. The van der Waals surface area contributed by atoms with Crippen LogP contribution in [0.4, 0.5) is 5.69 Å². The maximum Gasteiger partial charge on any atom is 0.333 e. The zero-order chi connectivity index (χ0) is 11.0. The molecule has 78 valence electrons. The van der Waals surface area contributed by atoms with Gasteiger partial charge in [-0.3, -0.25) is 14.3 Å². The maximum atomic E-state index is 11.5. The minimum Gasteiger partial charge on any atom is -0.393 e. The summed E-state index contributed by atoms with van der Waals surface area (Å²) in [6, 6.07) is 3.70. The van der Waals surface area contributed by atoms with Crippen LogP contribution in [0.5, 0.6) is 0 Å². The van der Waals surface area contributed by atoms with Crippen LogP contribution >= 0.6 is 11.3 Å². The van der Waals surface area contributed by atoms with Gasteiger partial charge in [0.2, 0.25) is 0 Å². The van der Waals surface area contributed by atoms with Crippen molar-refractivity contribution in [1.82, 2.24) is 9.55 Å². The van der Waals surface area contributed by atoms with Gasteiger partial charge in [0.05, 0.1) is 0 Å². The van der Waals surface area contributed by atoms with Gasteiger partial charge in [0, 0.05) is 11.1 Å². The van der Waals surface area contributed by atoms with Crippen molar-refractivity contribution in [3.8, 4) is 5.00 Å². The summed E-state index contributed by atoms with van der Waals surface area (Å²) in [6.45, 7) is 1.94. The predicted octanol–water partition coefficient (Wildman–Crippen LogP) is 0.478. The summed E-state index contributed by atoms with van der Waals surface area (Å²) in [4.78, 5) is 25.7. The van der Waals surface area contributed by atoms with Gasteiger partial charge in [-0.25, -0.2) is 4.79 Å². The molecule has 0 unspecified atom stereocenters. The van der Waals surface area contributed by atoms with Gasteiger partial charge in [0.15, 0.2) is 0 Å². The third kappa shape index (κ3) is 1.71. The van der Waals surface area contributed by atoms with Crippen molar-refractivity contribution in [2.75, 3.05) is 5.73 Å². The average molecular weight is 223 g/mol. The molecule has 0 atom stereocenters. The van der Waals surface area contributed by atoms with Crippen LogP contribution in [0.1, 0.15) is 4.88 Å². The number of aromatic amines is 1. The Morgan fingerprint density at radius 3 is 2.73 bits per heavy atom. The number of hydrogen-bond acceptors (Lipinski definition) is 4. The first-order chi connectivity index (χ1) is 7.08. The molecule has 0 radical (unpaired) electrons. The van der Waals surface area contributed by atoms with Gasteiger partial charge in [-0.15, -0.1) is 11.3 Å². The number of rotatable bonds is 1. The highest BCUT2D eigenvalue weighted by Gasteiger charge is 2.04. The maximum absolute atomic E-state index is 11.5. The van der Waals surface area contributed by atoms with Crippen molar-refractivity contribution >= 4 is 17.0 Å². The number of nitrogens with two attached hydrogens (primary N) is 1. The smallest absolute Gasteiger partial charge is 0.333 e. The molecule has 6 heteroatoms. The predicted molar refractivity (Wildman–Crippen MR) is 59.7 cm³/mol. The van der Waals surface area contributed by atoms with Crippen molar-refractivity contribution in [2.24, 2.45) is 0 Å². The summed E-state index contributed by atoms with van der Waals surface area (Å²) in [7, 11) is 0. The lowest BCUT2D eigenvalue weighted by Gasteiger charge is -2.01. The monoisotopic (exact) mass is 223 g/mol. The van der Waals surface area contributed by atoms with Crippen LogP contribution in [0, 0.1) is 6.92 Å². The van der Waals surface area contributed by atoms with Crippen molar-refractivity contribution < 1.29 is 0 Å². The van der Waals surface area contributed by atoms with E-state index in [1.165, 1.54) is 22.1 Å². The second-order valence-electron chi connectivity index (χ2n) is 3.10. The van der Waals surface area contributed by atoms with E-state index in [0.29, 0.717) is 0 Å². The molecule has 2 heterocycles. The van der Waals surface area contributed by atoms with Gasteiger partial charge in [-0.2, -0.15) is 0 Å². The van der Waals surface area contributed by atoms with Crippen LogP contribution in [0.3, 0.4) is 0 Å². The highest BCUT2D eigenvalue weighted by molar-refractivity contribution is 7.14. The fraction of sp³-hybridized carbons (Fsp3) is 0.111. The molecule has 0 aliphatic rings. The fourth-order valence-corrected chi connectivity index (χ4v) is 2.04.